The Bertz CT molecular complexity index is 717. The van der Waals surface area contributed by atoms with Gasteiger partial charge in [0.05, 0.1) is 5.69 Å². The van der Waals surface area contributed by atoms with Crippen LogP contribution in [0.25, 0.3) is 0 Å². The monoisotopic (exact) mass is 324 g/mol. The molecule has 0 amide bonds. The van der Waals surface area contributed by atoms with Crippen LogP contribution in [0.5, 0.6) is 0 Å². The molecule has 0 saturated heterocycles. The van der Waals surface area contributed by atoms with Crippen molar-refractivity contribution in [2.45, 2.75) is 18.4 Å². The van der Waals surface area contributed by atoms with Crippen LogP contribution in [0.2, 0.25) is 5.02 Å². The molecule has 0 radical (unpaired) electrons. The van der Waals surface area contributed by atoms with Gasteiger partial charge in [0.25, 0.3) is 0 Å². The molecule has 4 nitrogen and oxygen atoms in total. The third-order valence-electron chi connectivity index (χ3n) is 2.88. The Balaban J connectivity index is 2.21. The summed E-state index contributed by atoms with van der Waals surface area (Å²) in [6.07, 6.45) is 0. The lowest BCUT2D eigenvalue weighted by Gasteiger charge is -2.12. The van der Waals surface area contributed by atoms with Gasteiger partial charge in [-0.05, 0) is 29.8 Å². The molecule has 0 spiro atoms. The maximum atomic E-state index is 12.1. The van der Waals surface area contributed by atoms with Crippen LogP contribution in [0.3, 0.4) is 0 Å². The number of rotatable bonds is 6. The highest BCUT2D eigenvalue weighted by Gasteiger charge is 2.16. The summed E-state index contributed by atoms with van der Waals surface area (Å²) >= 11 is 5.94. The molecule has 0 aliphatic carbocycles. The molecular formula is C15H17ClN2O2S. The van der Waals surface area contributed by atoms with E-state index in [0.29, 0.717) is 23.8 Å². The van der Waals surface area contributed by atoms with Gasteiger partial charge in [0.2, 0.25) is 10.0 Å². The predicted molar refractivity (Wildman–Crippen MR) is 86.1 cm³/mol. The lowest BCUT2D eigenvalue weighted by Crippen LogP contribution is -2.24. The Morgan fingerprint density at radius 2 is 1.86 bits per heavy atom. The molecule has 0 heterocycles. The van der Waals surface area contributed by atoms with Crippen molar-refractivity contribution in [1.82, 2.24) is 4.72 Å². The van der Waals surface area contributed by atoms with E-state index in [4.69, 9.17) is 11.6 Å². The van der Waals surface area contributed by atoms with E-state index >= 15 is 0 Å². The van der Waals surface area contributed by atoms with Crippen LogP contribution in [-0.4, -0.2) is 15.0 Å². The highest BCUT2D eigenvalue weighted by Crippen LogP contribution is 2.21. The molecule has 0 bridgehead atoms. The van der Waals surface area contributed by atoms with Crippen LogP contribution in [0.15, 0.2) is 53.4 Å². The average Bonchev–Trinajstić information content (AvgIpc) is 2.45. The SMILES string of the molecule is CCNS(=O)(=O)c1ccccc1NCc1cccc(Cl)c1. The van der Waals surface area contributed by atoms with Gasteiger partial charge in [-0.25, -0.2) is 13.1 Å². The second-order valence-electron chi connectivity index (χ2n) is 4.48. The van der Waals surface area contributed by atoms with Gasteiger partial charge in [0.15, 0.2) is 0 Å². The van der Waals surface area contributed by atoms with Gasteiger partial charge in [-0.3, -0.25) is 0 Å². The van der Waals surface area contributed by atoms with Gasteiger partial charge < -0.3 is 5.32 Å². The lowest BCUT2D eigenvalue weighted by molar-refractivity contribution is 0.584. The largest absolute Gasteiger partial charge is 0.380 e. The molecule has 0 aliphatic rings. The normalized spacial score (nSPS) is 11.3. The zero-order valence-corrected chi connectivity index (χ0v) is 13.2. The van der Waals surface area contributed by atoms with Gasteiger partial charge in [-0.1, -0.05) is 42.8 Å². The smallest absolute Gasteiger partial charge is 0.242 e. The number of hydrogen-bond donors (Lipinski definition) is 2. The minimum atomic E-state index is -3.49. The summed E-state index contributed by atoms with van der Waals surface area (Å²) in [5, 5.41) is 3.80. The maximum absolute atomic E-state index is 12.1. The number of benzene rings is 2. The van der Waals surface area contributed by atoms with Gasteiger partial charge in [-0.2, -0.15) is 0 Å². The molecule has 2 aromatic rings. The minimum Gasteiger partial charge on any atom is -0.380 e. The quantitative estimate of drug-likeness (QED) is 0.857. The summed E-state index contributed by atoms with van der Waals surface area (Å²) in [5.74, 6) is 0. The van der Waals surface area contributed by atoms with Crippen molar-refractivity contribution in [2.24, 2.45) is 0 Å². The van der Waals surface area contributed by atoms with Crippen molar-refractivity contribution in [2.75, 3.05) is 11.9 Å². The molecule has 0 unspecified atom stereocenters. The fourth-order valence-electron chi connectivity index (χ4n) is 1.96. The van der Waals surface area contributed by atoms with Crippen LogP contribution in [-0.2, 0) is 16.6 Å². The van der Waals surface area contributed by atoms with Crippen LogP contribution in [0, 0.1) is 0 Å². The Morgan fingerprint density at radius 3 is 2.57 bits per heavy atom. The molecule has 2 rings (SSSR count). The summed E-state index contributed by atoms with van der Waals surface area (Å²) in [7, 11) is -3.49. The molecule has 112 valence electrons. The van der Waals surface area contributed by atoms with Crippen LogP contribution in [0.1, 0.15) is 12.5 Å². The number of para-hydroxylation sites is 1. The van der Waals surface area contributed by atoms with E-state index in [1.807, 2.05) is 18.2 Å². The second kappa shape index (κ2) is 6.93. The Morgan fingerprint density at radius 1 is 1.10 bits per heavy atom. The van der Waals surface area contributed by atoms with E-state index in [9.17, 15) is 8.42 Å². The highest BCUT2D eigenvalue weighted by molar-refractivity contribution is 7.89. The van der Waals surface area contributed by atoms with Crippen molar-refractivity contribution in [3.63, 3.8) is 0 Å². The van der Waals surface area contributed by atoms with Gasteiger partial charge in [0, 0.05) is 18.1 Å². The molecule has 0 aromatic heterocycles. The number of sulfonamides is 1. The van der Waals surface area contributed by atoms with Crippen molar-refractivity contribution in [3.05, 3.63) is 59.1 Å². The Labute approximate surface area is 130 Å². The third kappa shape index (κ3) is 4.20. The van der Waals surface area contributed by atoms with E-state index < -0.39 is 10.0 Å². The van der Waals surface area contributed by atoms with Crippen molar-refractivity contribution in [1.29, 1.82) is 0 Å². The lowest BCUT2D eigenvalue weighted by atomic mass is 10.2. The van der Waals surface area contributed by atoms with Gasteiger partial charge in [-0.15, -0.1) is 0 Å². The molecule has 0 atom stereocenters. The first-order valence-electron chi connectivity index (χ1n) is 6.60. The minimum absolute atomic E-state index is 0.244. The number of nitrogens with one attached hydrogen (secondary N) is 2. The van der Waals surface area contributed by atoms with Crippen LogP contribution < -0.4 is 10.0 Å². The van der Waals surface area contributed by atoms with E-state index in [0.717, 1.165) is 5.56 Å². The third-order valence-corrected chi connectivity index (χ3v) is 4.72. The summed E-state index contributed by atoms with van der Waals surface area (Å²) in [6, 6.07) is 14.3. The topological polar surface area (TPSA) is 58.2 Å². The summed E-state index contributed by atoms with van der Waals surface area (Å²) in [4.78, 5) is 0.244. The number of halogens is 1. The second-order valence-corrected chi connectivity index (χ2v) is 6.65. The molecule has 2 N–H and O–H groups in total. The molecule has 0 aliphatic heterocycles. The summed E-state index contributed by atoms with van der Waals surface area (Å²) in [6.45, 7) is 2.60. The summed E-state index contributed by atoms with van der Waals surface area (Å²) < 4.78 is 26.8. The van der Waals surface area contributed by atoms with Crippen LogP contribution in [0.4, 0.5) is 5.69 Å². The van der Waals surface area contributed by atoms with E-state index in [2.05, 4.69) is 10.0 Å². The molecule has 0 saturated carbocycles. The first-order valence-corrected chi connectivity index (χ1v) is 8.46. The summed E-state index contributed by atoms with van der Waals surface area (Å²) in [5.41, 5.74) is 1.55. The van der Waals surface area contributed by atoms with Crippen LogP contribution >= 0.6 is 11.6 Å². The van der Waals surface area contributed by atoms with Gasteiger partial charge >= 0.3 is 0 Å². The Hall–Kier alpha value is -1.56. The molecule has 6 heteroatoms. The zero-order valence-electron chi connectivity index (χ0n) is 11.6. The standard InChI is InChI=1S/C15H17ClN2O2S/c1-2-18-21(19,20)15-9-4-3-8-14(15)17-11-12-6-5-7-13(16)10-12/h3-10,17-18H,2,11H2,1H3. The van der Waals surface area contributed by atoms with E-state index in [1.54, 1.807) is 37.3 Å². The molecule has 2 aromatic carbocycles. The zero-order chi connectivity index (χ0) is 15.3. The molecular weight excluding hydrogens is 308 g/mol. The Kier molecular flexibility index (Phi) is 5.22. The number of hydrogen-bond acceptors (Lipinski definition) is 3. The van der Waals surface area contributed by atoms with E-state index in [-0.39, 0.29) is 4.90 Å². The highest BCUT2D eigenvalue weighted by atomic mass is 35.5. The predicted octanol–water partition coefficient (Wildman–Crippen LogP) is 3.25. The van der Waals surface area contributed by atoms with Crippen molar-refractivity contribution < 1.29 is 8.42 Å². The first-order chi connectivity index (χ1) is 10.0. The average molecular weight is 325 g/mol. The fraction of sp³-hybridized carbons (Fsp3) is 0.200. The first kappa shape index (κ1) is 15.8. The fourth-order valence-corrected chi connectivity index (χ4v) is 3.39. The van der Waals surface area contributed by atoms with Crippen molar-refractivity contribution in [3.8, 4) is 0 Å². The van der Waals surface area contributed by atoms with Gasteiger partial charge in [0.1, 0.15) is 4.90 Å². The molecule has 0 fully saturated rings. The maximum Gasteiger partial charge on any atom is 0.242 e. The van der Waals surface area contributed by atoms with Crippen molar-refractivity contribution >= 4 is 27.3 Å². The number of anilines is 1. The van der Waals surface area contributed by atoms with E-state index in [1.165, 1.54) is 0 Å². The molecule has 21 heavy (non-hydrogen) atoms.